The second kappa shape index (κ2) is 8.76. The third-order valence-electron chi connectivity index (χ3n) is 4.68. The molecule has 1 heterocycles. The van der Waals surface area contributed by atoms with Crippen molar-refractivity contribution in [3.8, 4) is 23.1 Å². The van der Waals surface area contributed by atoms with Crippen LogP contribution in [0.5, 0.6) is 5.75 Å². The first-order chi connectivity index (χ1) is 13.9. The van der Waals surface area contributed by atoms with Gasteiger partial charge in [-0.15, -0.1) is 11.6 Å². The Kier molecular flexibility index (Phi) is 6.36. The summed E-state index contributed by atoms with van der Waals surface area (Å²) in [6.45, 7) is 2.69. The highest BCUT2D eigenvalue weighted by molar-refractivity contribution is 7.92. The zero-order valence-electron chi connectivity index (χ0n) is 16.3. The SMILES string of the molecule is CCn1c(-c2ccc(NS(=O)(=O)CCCCl)cc2)c(C#N)c2ccc(OC)cc21. The highest BCUT2D eigenvalue weighted by atomic mass is 35.5. The molecular weight excluding hydrogens is 410 g/mol. The minimum Gasteiger partial charge on any atom is -0.497 e. The number of methoxy groups -OCH3 is 1. The van der Waals surface area contributed by atoms with Gasteiger partial charge in [-0.3, -0.25) is 4.72 Å². The maximum absolute atomic E-state index is 12.1. The number of hydrogen-bond acceptors (Lipinski definition) is 4. The number of aromatic nitrogens is 1. The molecular formula is C21H22ClN3O3S. The Hall–Kier alpha value is -2.69. The number of ether oxygens (including phenoxy) is 1. The van der Waals surface area contributed by atoms with Crippen molar-refractivity contribution in [1.29, 1.82) is 5.26 Å². The largest absolute Gasteiger partial charge is 0.497 e. The van der Waals surface area contributed by atoms with Crippen molar-refractivity contribution in [1.82, 2.24) is 4.57 Å². The van der Waals surface area contributed by atoms with Crippen LogP contribution in [0.15, 0.2) is 42.5 Å². The molecule has 2 aromatic carbocycles. The number of halogens is 1. The molecule has 0 saturated carbocycles. The zero-order valence-corrected chi connectivity index (χ0v) is 17.8. The van der Waals surface area contributed by atoms with Crippen LogP contribution < -0.4 is 9.46 Å². The van der Waals surface area contributed by atoms with Crippen LogP contribution in [0.25, 0.3) is 22.2 Å². The molecule has 152 valence electrons. The fraction of sp³-hybridized carbons (Fsp3) is 0.286. The molecule has 3 aromatic rings. The maximum Gasteiger partial charge on any atom is 0.232 e. The summed E-state index contributed by atoms with van der Waals surface area (Å²) in [5, 5.41) is 10.7. The summed E-state index contributed by atoms with van der Waals surface area (Å²) in [5.74, 6) is 0.994. The summed E-state index contributed by atoms with van der Waals surface area (Å²) in [7, 11) is -1.82. The monoisotopic (exact) mass is 431 g/mol. The zero-order chi connectivity index (χ0) is 21.0. The van der Waals surface area contributed by atoms with E-state index >= 15 is 0 Å². The molecule has 1 N–H and O–H groups in total. The van der Waals surface area contributed by atoms with Gasteiger partial charge < -0.3 is 9.30 Å². The Labute approximate surface area is 175 Å². The van der Waals surface area contributed by atoms with Crippen molar-refractivity contribution in [2.24, 2.45) is 0 Å². The van der Waals surface area contributed by atoms with Crippen LogP contribution in [0.3, 0.4) is 0 Å². The standard InChI is InChI=1S/C21H22ClN3O3S/c1-3-25-20-13-17(28-2)9-10-18(20)19(14-23)21(25)15-5-7-16(8-6-15)24-29(26,27)12-4-11-22/h5-10,13,24H,3-4,11-12H2,1-2H3. The highest BCUT2D eigenvalue weighted by Gasteiger charge is 2.19. The molecule has 0 fully saturated rings. The van der Waals surface area contributed by atoms with Crippen LogP contribution in [0.1, 0.15) is 18.9 Å². The lowest BCUT2D eigenvalue weighted by Crippen LogP contribution is -2.16. The molecule has 0 amide bonds. The van der Waals surface area contributed by atoms with Crippen molar-refractivity contribution >= 4 is 38.2 Å². The third kappa shape index (κ3) is 4.34. The molecule has 0 atom stereocenters. The Morgan fingerprint density at radius 2 is 1.93 bits per heavy atom. The van der Waals surface area contributed by atoms with Crippen LogP contribution in [0, 0.1) is 11.3 Å². The molecule has 6 nitrogen and oxygen atoms in total. The molecule has 0 aliphatic heterocycles. The predicted molar refractivity (Wildman–Crippen MR) is 117 cm³/mol. The number of anilines is 1. The van der Waals surface area contributed by atoms with Gasteiger partial charge in [0, 0.05) is 29.6 Å². The van der Waals surface area contributed by atoms with Crippen LogP contribution in [-0.2, 0) is 16.6 Å². The second-order valence-electron chi connectivity index (χ2n) is 6.50. The van der Waals surface area contributed by atoms with Gasteiger partial charge in [-0.05, 0) is 43.2 Å². The summed E-state index contributed by atoms with van der Waals surface area (Å²) in [4.78, 5) is 0. The lowest BCUT2D eigenvalue weighted by Gasteiger charge is -2.11. The molecule has 0 spiro atoms. The molecule has 0 bridgehead atoms. The lowest BCUT2D eigenvalue weighted by molar-refractivity contribution is 0.415. The average molecular weight is 432 g/mol. The number of nitriles is 1. The number of alkyl halides is 1. The van der Waals surface area contributed by atoms with Crippen LogP contribution in [0.4, 0.5) is 5.69 Å². The van der Waals surface area contributed by atoms with Crippen molar-refractivity contribution in [2.45, 2.75) is 19.9 Å². The topological polar surface area (TPSA) is 84.1 Å². The quantitative estimate of drug-likeness (QED) is 0.529. The molecule has 0 saturated heterocycles. The number of fused-ring (bicyclic) bond motifs is 1. The van der Waals surface area contributed by atoms with Gasteiger partial charge in [0.1, 0.15) is 11.8 Å². The number of rotatable bonds is 8. The number of sulfonamides is 1. The van der Waals surface area contributed by atoms with Crippen molar-refractivity contribution in [3.63, 3.8) is 0 Å². The van der Waals surface area contributed by atoms with E-state index in [0.29, 0.717) is 30.1 Å². The molecule has 1 aromatic heterocycles. The average Bonchev–Trinajstić information content (AvgIpc) is 3.05. The van der Waals surface area contributed by atoms with Crippen molar-refractivity contribution < 1.29 is 13.2 Å². The minimum absolute atomic E-state index is 0.0251. The van der Waals surface area contributed by atoms with E-state index in [1.807, 2.05) is 37.3 Å². The van der Waals surface area contributed by atoms with Gasteiger partial charge in [-0.2, -0.15) is 5.26 Å². The van der Waals surface area contributed by atoms with Gasteiger partial charge in [0.2, 0.25) is 10.0 Å². The van der Waals surface area contributed by atoms with Crippen LogP contribution >= 0.6 is 11.6 Å². The summed E-state index contributed by atoms with van der Waals surface area (Å²) >= 11 is 5.58. The normalized spacial score (nSPS) is 11.4. The van der Waals surface area contributed by atoms with Crippen molar-refractivity contribution in [2.75, 3.05) is 23.5 Å². The van der Waals surface area contributed by atoms with Gasteiger partial charge in [0.05, 0.1) is 29.6 Å². The van der Waals surface area contributed by atoms with E-state index in [4.69, 9.17) is 16.3 Å². The van der Waals surface area contributed by atoms with E-state index < -0.39 is 10.0 Å². The number of aryl methyl sites for hydroxylation is 1. The van der Waals surface area contributed by atoms with Gasteiger partial charge in [-0.25, -0.2) is 8.42 Å². The summed E-state index contributed by atoms with van der Waals surface area (Å²) in [5.41, 5.74) is 3.61. The molecule has 0 radical (unpaired) electrons. The van der Waals surface area contributed by atoms with E-state index in [0.717, 1.165) is 27.9 Å². The molecule has 3 rings (SSSR count). The van der Waals surface area contributed by atoms with Crippen molar-refractivity contribution in [3.05, 3.63) is 48.0 Å². The third-order valence-corrected chi connectivity index (χ3v) is 6.32. The summed E-state index contributed by atoms with van der Waals surface area (Å²) in [6.07, 6.45) is 0.389. The maximum atomic E-state index is 12.1. The Morgan fingerprint density at radius 3 is 2.52 bits per heavy atom. The fourth-order valence-corrected chi connectivity index (χ4v) is 4.78. The number of nitrogens with zero attached hydrogens (tertiary/aromatic N) is 2. The Morgan fingerprint density at radius 1 is 1.21 bits per heavy atom. The van der Waals surface area contributed by atoms with Crippen LogP contribution in [0.2, 0.25) is 0 Å². The molecule has 29 heavy (non-hydrogen) atoms. The van der Waals surface area contributed by atoms with E-state index in [-0.39, 0.29) is 5.75 Å². The molecule has 0 unspecified atom stereocenters. The first-order valence-corrected chi connectivity index (χ1v) is 11.4. The first-order valence-electron chi connectivity index (χ1n) is 9.21. The predicted octanol–water partition coefficient (Wildman–Crippen LogP) is 4.58. The Bertz CT molecular complexity index is 1160. The van der Waals surface area contributed by atoms with Gasteiger partial charge in [0.25, 0.3) is 0 Å². The van der Waals surface area contributed by atoms with Gasteiger partial charge in [0.15, 0.2) is 0 Å². The highest BCUT2D eigenvalue weighted by Crippen LogP contribution is 2.35. The fourth-order valence-electron chi connectivity index (χ4n) is 3.37. The second-order valence-corrected chi connectivity index (χ2v) is 8.72. The number of hydrogen-bond donors (Lipinski definition) is 1. The molecule has 0 aliphatic rings. The molecule has 0 aliphatic carbocycles. The first kappa shape index (κ1) is 21.0. The van der Waals surface area contributed by atoms with E-state index in [9.17, 15) is 13.7 Å². The number of benzene rings is 2. The van der Waals surface area contributed by atoms with E-state index in [2.05, 4.69) is 15.4 Å². The van der Waals surface area contributed by atoms with E-state index in [1.165, 1.54) is 0 Å². The summed E-state index contributed by atoms with van der Waals surface area (Å²) < 4.78 is 34.1. The lowest BCUT2D eigenvalue weighted by atomic mass is 10.1. The van der Waals surface area contributed by atoms with Gasteiger partial charge >= 0.3 is 0 Å². The summed E-state index contributed by atoms with van der Waals surface area (Å²) in [6, 6.07) is 15.0. The Balaban J connectivity index is 2.03. The van der Waals surface area contributed by atoms with Gasteiger partial charge in [-0.1, -0.05) is 12.1 Å². The van der Waals surface area contributed by atoms with Crippen LogP contribution in [-0.4, -0.2) is 31.7 Å². The molecule has 8 heteroatoms. The smallest absolute Gasteiger partial charge is 0.232 e. The number of nitrogens with one attached hydrogen (secondary N) is 1. The minimum atomic E-state index is -3.43. The van der Waals surface area contributed by atoms with E-state index in [1.54, 1.807) is 19.2 Å².